The lowest BCUT2D eigenvalue weighted by Gasteiger charge is -2.25. The molecule has 7 heteroatoms. The van der Waals surface area contributed by atoms with Gasteiger partial charge in [-0.3, -0.25) is 4.90 Å². The van der Waals surface area contributed by atoms with Gasteiger partial charge in [-0.1, -0.05) is 30.3 Å². The molecule has 3 fully saturated rings. The predicted octanol–water partition coefficient (Wildman–Crippen LogP) is 3.50. The van der Waals surface area contributed by atoms with Crippen LogP contribution in [-0.2, 0) is 17.7 Å². The third-order valence-corrected chi connectivity index (χ3v) is 7.02. The van der Waals surface area contributed by atoms with Crippen molar-refractivity contribution < 1.29 is 9.53 Å². The van der Waals surface area contributed by atoms with E-state index in [0.717, 1.165) is 70.0 Å². The average Bonchev–Trinajstić information content (AvgIpc) is 3.41. The molecule has 4 heterocycles. The Balaban J connectivity index is 1.16. The molecular formula is C25H33N5O2. The highest BCUT2D eigenvalue weighted by molar-refractivity contribution is 5.70. The SMILES string of the molecule is O=C1O[C@]2(CCCN(Cc3ccnc(N4CCCC4)n3)CC2)CN1CCc1ccccc1. The monoisotopic (exact) mass is 435 g/mol. The van der Waals surface area contributed by atoms with E-state index < -0.39 is 0 Å². The van der Waals surface area contributed by atoms with E-state index in [1.54, 1.807) is 0 Å². The van der Waals surface area contributed by atoms with Gasteiger partial charge in [0.05, 0.1) is 12.2 Å². The van der Waals surface area contributed by atoms with Crippen molar-refractivity contribution in [2.45, 2.75) is 50.7 Å². The Morgan fingerprint density at radius 3 is 2.66 bits per heavy atom. The molecule has 1 aromatic heterocycles. The fourth-order valence-electron chi connectivity index (χ4n) is 5.19. The van der Waals surface area contributed by atoms with E-state index in [0.29, 0.717) is 13.1 Å². The number of hydrogen-bond acceptors (Lipinski definition) is 6. The summed E-state index contributed by atoms with van der Waals surface area (Å²) < 4.78 is 5.98. The highest BCUT2D eigenvalue weighted by atomic mass is 16.6. The van der Waals surface area contributed by atoms with E-state index in [4.69, 9.17) is 9.72 Å². The van der Waals surface area contributed by atoms with Crippen molar-refractivity contribution in [3.8, 4) is 0 Å². The maximum Gasteiger partial charge on any atom is 0.410 e. The quantitative estimate of drug-likeness (QED) is 0.692. The highest BCUT2D eigenvalue weighted by Gasteiger charge is 2.45. The van der Waals surface area contributed by atoms with Crippen LogP contribution in [0.25, 0.3) is 0 Å². The summed E-state index contributed by atoms with van der Waals surface area (Å²) in [5, 5.41) is 0. The fraction of sp³-hybridized carbons (Fsp3) is 0.560. The molecule has 1 amide bonds. The number of hydrogen-bond donors (Lipinski definition) is 0. The zero-order valence-electron chi connectivity index (χ0n) is 18.8. The van der Waals surface area contributed by atoms with Crippen molar-refractivity contribution in [2.75, 3.05) is 44.2 Å². The van der Waals surface area contributed by atoms with Crippen LogP contribution in [0.3, 0.4) is 0 Å². The summed E-state index contributed by atoms with van der Waals surface area (Å²) in [4.78, 5) is 28.5. The van der Waals surface area contributed by atoms with Crippen LogP contribution in [0.15, 0.2) is 42.6 Å². The van der Waals surface area contributed by atoms with E-state index in [1.807, 2.05) is 35.4 Å². The summed E-state index contributed by atoms with van der Waals surface area (Å²) in [6, 6.07) is 12.4. The summed E-state index contributed by atoms with van der Waals surface area (Å²) in [5.41, 5.74) is 1.99. The second kappa shape index (κ2) is 9.45. The molecule has 1 aromatic carbocycles. The molecular weight excluding hydrogens is 402 g/mol. The summed E-state index contributed by atoms with van der Waals surface area (Å²) >= 11 is 0. The predicted molar refractivity (Wildman–Crippen MR) is 124 cm³/mol. The Kier molecular flexibility index (Phi) is 6.26. The van der Waals surface area contributed by atoms with Crippen molar-refractivity contribution in [2.24, 2.45) is 0 Å². The van der Waals surface area contributed by atoms with E-state index >= 15 is 0 Å². The number of nitrogens with zero attached hydrogens (tertiary/aromatic N) is 5. The minimum absolute atomic E-state index is 0.152. The highest BCUT2D eigenvalue weighted by Crippen LogP contribution is 2.33. The zero-order valence-corrected chi connectivity index (χ0v) is 18.8. The van der Waals surface area contributed by atoms with Gasteiger partial charge < -0.3 is 14.5 Å². The second-order valence-corrected chi connectivity index (χ2v) is 9.38. The summed E-state index contributed by atoms with van der Waals surface area (Å²) in [5.74, 6) is 0.866. The second-order valence-electron chi connectivity index (χ2n) is 9.38. The first-order chi connectivity index (χ1) is 15.7. The number of carbonyl (C=O) groups excluding carboxylic acids is 1. The van der Waals surface area contributed by atoms with Gasteiger partial charge in [0.2, 0.25) is 5.95 Å². The molecule has 0 aliphatic carbocycles. The minimum Gasteiger partial charge on any atom is -0.441 e. The minimum atomic E-state index is -0.338. The molecule has 0 saturated carbocycles. The molecule has 1 atom stereocenters. The van der Waals surface area contributed by atoms with Gasteiger partial charge in [-0.05, 0) is 50.3 Å². The Morgan fingerprint density at radius 2 is 1.81 bits per heavy atom. The molecule has 7 nitrogen and oxygen atoms in total. The number of ether oxygens (including phenoxy) is 1. The van der Waals surface area contributed by atoms with Crippen molar-refractivity contribution in [3.05, 3.63) is 53.9 Å². The van der Waals surface area contributed by atoms with Crippen LogP contribution in [0.5, 0.6) is 0 Å². The first kappa shape index (κ1) is 21.2. The zero-order chi connectivity index (χ0) is 21.8. The molecule has 170 valence electrons. The first-order valence-corrected chi connectivity index (χ1v) is 12.0. The first-order valence-electron chi connectivity index (χ1n) is 12.0. The summed E-state index contributed by atoms with van der Waals surface area (Å²) in [7, 11) is 0. The van der Waals surface area contributed by atoms with E-state index in [2.05, 4.69) is 26.9 Å². The van der Waals surface area contributed by atoms with Crippen LogP contribution in [0.4, 0.5) is 10.7 Å². The molecule has 2 aromatic rings. The van der Waals surface area contributed by atoms with Gasteiger partial charge in [0.15, 0.2) is 0 Å². The number of benzene rings is 1. The summed E-state index contributed by atoms with van der Waals surface area (Å²) in [6.45, 7) is 6.29. The normalized spacial score (nSPS) is 24.2. The molecule has 1 spiro atoms. The van der Waals surface area contributed by atoms with Crippen LogP contribution >= 0.6 is 0 Å². The smallest absolute Gasteiger partial charge is 0.410 e. The molecule has 0 bridgehead atoms. The third-order valence-electron chi connectivity index (χ3n) is 7.02. The molecule has 3 aliphatic rings. The van der Waals surface area contributed by atoms with Crippen LogP contribution in [0.2, 0.25) is 0 Å². The van der Waals surface area contributed by atoms with Gasteiger partial charge in [0, 0.05) is 45.3 Å². The van der Waals surface area contributed by atoms with E-state index in [1.165, 1.54) is 18.4 Å². The number of likely N-dealkylation sites (tertiary alicyclic amines) is 1. The lowest BCUT2D eigenvalue weighted by atomic mass is 9.95. The van der Waals surface area contributed by atoms with Crippen LogP contribution in [-0.4, -0.2) is 70.7 Å². The molecule has 32 heavy (non-hydrogen) atoms. The van der Waals surface area contributed by atoms with Gasteiger partial charge >= 0.3 is 6.09 Å². The van der Waals surface area contributed by atoms with Gasteiger partial charge in [0.1, 0.15) is 5.60 Å². The standard InChI is InChI=1S/C25H33N5O2/c31-24-30(17-10-21-7-2-1-3-8-21)20-25(32-24)11-6-14-28(18-12-25)19-22-9-13-26-23(27-22)29-15-4-5-16-29/h1-3,7-9,13H,4-6,10-12,14-20H2/t25-/m0/s1. The largest absolute Gasteiger partial charge is 0.441 e. The molecule has 0 unspecified atom stereocenters. The van der Waals surface area contributed by atoms with E-state index in [-0.39, 0.29) is 11.7 Å². The molecule has 5 rings (SSSR count). The van der Waals surface area contributed by atoms with Gasteiger partial charge in [-0.2, -0.15) is 0 Å². The Bertz CT molecular complexity index is 918. The lowest BCUT2D eigenvalue weighted by Crippen LogP contribution is -2.36. The van der Waals surface area contributed by atoms with E-state index in [9.17, 15) is 4.79 Å². The number of anilines is 1. The number of amides is 1. The fourth-order valence-corrected chi connectivity index (χ4v) is 5.19. The van der Waals surface area contributed by atoms with Crippen LogP contribution < -0.4 is 4.90 Å². The lowest BCUT2D eigenvalue weighted by molar-refractivity contribution is 0.0442. The Labute approximate surface area is 190 Å². The van der Waals surface area contributed by atoms with Crippen molar-refractivity contribution >= 4 is 12.0 Å². The molecule has 3 saturated heterocycles. The van der Waals surface area contributed by atoms with Gasteiger partial charge in [0.25, 0.3) is 0 Å². The third kappa shape index (κ3) is 4.88. The maximum atomic E-state index is 12.6. The number of rotatable bonds is 6. The summed E-state index contributed by atoms with van der Waals surface area (Å²) in [6.07, 6.45) is 7.89. The number of carbonyl (C=O) groups is 1. The van der Waals surface area contributed by atoms with Crippen LogP contribution in [0, 0.1) is 0 Å². The van der Waals surface area contributed by atoms with Crippen molar-refractivity contribution in [3.63, 3.8) is 0 Å². The average molecular weight is 436 g/mol. The molecule has 0 radical (unpaired) electrons. The van der Waals surface area contributed by atoms with Gasteiger partial charge in [-0.25, -0.2) is 14.8 Å². The van der Waals surface area contributed by atoms with Gasteiger partial charge in [-0.15, -0.1) is 0 Å². The molecule has 3 aliphatic heterocycles. The van der Waals surface area contributed by atoms with Crippen LogP contribution in [0.1, 0.15) is 43.4 Å². The Morgan fingerprint density at radius 1 is 0.969 bits per heavy atom. The van der Waals surface area contributed by atoms with Crippen molar-refractivity contribution in [1.82, 2.24) is 19.8 Å². The van der Waals surface area contributed by atoms with Crippen molar-refractivity contribution in [1.29, 1.82) is 0 Å². The molecule has 0 N–H and O–H groups in total. The topological polar surface area (TPSA) is 61.8 Å². The maximum absolute atomic E-state index is 12.6. The Hall–Kier alpha value is -2.67. The number of aromatic nitrogens is 2.